The Morgan fingerprint density at radius 2 is 2.12 bits per heavy atom. The second-order valence-electron chi connectivity index (χ2n) is 6.00. The third-order valence-corrected chi connectivity index (χ3v) is 4.27. The average Bonchev–Trinajstić information content (AvgIpc) is 2.95. The number of fused-ring (bicyclic) bond motifs is 1. The molecule has 0 aromatic heterocycles. The summed E-state index contributed by atoms with van der Waals surface area (Å²) >= 11 is 0. The molecular weight excluding hydrogens is 304 g/mol. The Labute approximate surface area is 144 Å². The van der Waals surface area contributed by atoms with E-state index in [2.05, 4.69) is 26.5 Å². The van der Waals surface area contributed by atoms with Crippen LogP contribution in [0.2, 0.25) is 0 Å². The van der Waals surface area contributed by atoms with E-state index in [1.54, 1.807) is 13.2 Å². The fraction of sp³-hybridized carbons (Fsp3) is 0.450. The van der Waals surface area contributed by atoms with E-state index < -0.39 is 0 Å². The quantitative estimate of drug-likeness (QED) is 0.519. The molecular formula is C20H26O4. The number of allylic oxidation sites excluding steroid dienone is 2. The van der Waals surface area contributed by atoms with E-state index in [4.69, 9.17) is 14.2 Å². The van der Waals surface area contributed by atoms with Gasteiger partial charge in [-0.25, -0.2) is 4.79 Å². The largest absolute Gasteiger partial charge is 0.496 e. The number of rotatable bonds is 8. The third kappa shape index (κ3) is 3.48. The first-order valence-electron chi connectivity index (χ1n) is 8.33. The summed E-state index contributed by atoms with van der Waals surface area (Å²) in [6.07, 6.45) is 6.66. The van der Waals surface area contributed by atoms with Gasteiger partial charge in [0.1, 0.15) is 30.3 Å². The van der Waals surface area contributed by atoms with Crippen LogP contribution in [0.5, 0.6) is 11.5 Å². The zero-order valence-electron chi connectivity index (χ0n) is 15.0. The molecule has 130 valence electrons. The molecule has 0 atom stereocenters. The summed E-state index contributed by atoms with van der Waals surface area (Å²) in [6.45, 7) is 10.5. The summed E-state index contributed by atoms with van der Waals surface area (Å²) in [5.74, 6) is 1.01. The van der Waals surface area contributed by atoms with Crippen molar-refractivity contribution in [3.63, 3.8) is 0 Å². The maximum Gasteiger partial charge on any atom is 0.342 e. The summed E-state index contributed by atoms with van der Waals surface area (Å²) in [5, 5.41) is 0. The molecule has 0 radical (unpaired) electrons. The van der Waals surface area contributed by atoms with Gasteiger partial charge in [0.2, 0.25) is 0 Å². The average molecular weight is 330 g/mol. The molecule has 4 heteroatoms. The molecule has 0 unspecified atom stereocenters. The molecule has 0 saturated carbocycles. The van der Waals surface area contributed by atoms with Gasteiger partial charge < -0.3 is 14.2 Å². The summed E-state index contributed by atoms with van der Waals surface area (Å²) in [5.41, 5.74) is 4.54. The fourth-order valence-corrected chi connectivity index (χ4v) is 3.08. The Bertz CT molecular complexity index is 671. The molecule has 2 rings (SSSR count). The van der Waals surface area contributed by atoms with E-state index in [-0.39, 0.29) is 12.6 Å². The van der Waals surface area contributed by atoms with Gasteiger partial charge in [-0.3, -0.25) is 0 Å². The number of ether oxygens (including phenoxy) is 3. The smallest absolute Gasteiger partial charge is 0.342 e. The number of carbonyl (C=O) groups is 1. The molecule has 4 nitrogen and oxygen atoms in total. The Balaban J connectivity index is 2.58. The van der Waals surface area contributed by atoms with Crippen molar-refractivity contribution in [3.05, 3.63) is 46.6 Å². The van der Waals surface area contributed by atoms with Crippen molar-refractivity contribution in [1.82, 2.24) is 0 Å². The Kier molecular flexibility index (Phi) is 6.07. The van der Waals surface area contributed by atoms with Crippen molar-refractivity contribution < 1.29 is 19.0 Å². The molecule has 1 aromatic rings. The zero-order valence-corrected chi connectivity index (χ0v) is 15.0. The van der Waals surface area contributed by atoms with Crippen LogP contribution in [0.4, 0.5) is 0 Å². The highest BCUT2D eigenvalue weighted by Gasteiger charge is 2.32. The van der Waals surface area contributed by atoms with Crippen LogP contribution in [0.25, 0.3) is 0 Å². The number of hydrogen-bond donors (Lipinski definition) is 0. The monoisotopic (exact) mass is 330 g/mol. The van der Waals surface area contributed by atoms with E-state index in [9.17, 15) is 4.79 Å². The lowest BCUT2D eigenvalue weighted by atomic mass is 9.94. The minimum Gasteiger partial charge on any atom is -0.496 e. The first-order valence-corrected chi connectivity index (χ1v) is 8.33. The van der Waals surface area contributed by atoms with E-state index in [0.29, 0.717) is 24.3 Å². The van der Waals surface area contributed by atoms with Gasteiger partial charge in [-0.15, -0.1) is 0 Å². The van der Waals surface area contributed by atoms with Gasteiger partial charge in [-0.05, 0) is 32.3 Å². The molecule has 0 fully saturated rings. The maximum atomic E-state index is 12.2. The van der Waals surface area contributed by atoms with Crippen LogP contribution < -0.4 is 9.47 Å². The lowest BCUT2D eigenvalue weighted by Gasteiger charge is -2.19. The van der Waals surface area contributed by atoms with Crippen molar-refractivity contribution in [1.29, 1.82) is 0 Å². The van der Waals surface area contributed by atoms with Crippen LogP contribution in [-0.4, -0.2) is 19.7 Å². The Morgan fingerprint density at radius 1 is 1.38 bits per heavy atom. The van der Waals surface area contributed by atoms with Crippen molar-refractivity contribution in [2.24, 2.45) is 0 Å². The molecule has 1 heterocycles. The molecule has 0 N–H and O–H groups in total. The van der Waals surface area contributed by atoms with Gasteiger partial charge in [-0.2, -0.15) is 0 Å². The van der Waals surface area contributed by atoms with Crippen LogP contribution in [0.15, 0.2) is 24.3 Å². The topological polar surface area (TPSA) is 44.8 Å². The number of hydrogen-bond acceptors (Lipinski definition) is 4. The summed E-state index contributed by atoms with van der Waals surface area (Å²) in [6, 6.07) is 0. The molecule has 0 aliphatic carbocycles. The number of carbonyl (C=O) groups excluding carboxylic acids is 1. The van der Waals surface area contributed by atoms with Crippen molar-refractivity contribution >= 4 is 5.97 Å². The molecule has 0 spiro atoms. The second kappa shape index (κ2) is 8.04. The number of esters is 1. The lowest BCUT2D eigenvalue weighted by molar-refractivity contribution is 0.0532. The highest BCUT2D eigenvalue weighted by atomic mass is 16.5. The van der Waals surface area contributed by atoms with Crippen molar-refractivity contribution in [2.45, 2.75) is 46.6 Å². The SMILES string of the molecule is C=CCOc1c(C/C=C(\C)CCC)c(OC)c(C)c2c1C(=O)OC2. The highest BCUT2D eigenvalue weighted by molar-refractivity contribution is 5.98. The molecule has 1 aliphatic heterocycles. The van der Waals surface area contributed by atoms with Crippen LogP contribution in [0.1, 0.15) is 53.7 Å². The van der Waals surface area contributed by atoms with E-state index in [1.807, 2.05) is 6.92 Å². The Hall–Kier alpha value is -2.23. The normalized spacial score (nSPS) is 13.5. The molecule has 24 heavy (non-hydrogen) atoms. The summed E-state index contributed by atoms with van der Waals surface area (Å²) < 4.78 is 16.7. The predicted molar refractivity (Wildman–Crippen MR) is 94.9 cm³/mol. The number of methoxy groups -OCH3 is 1. The number of cyclic esters (lactones) is 1. The van der Waals surface area contributed by atoms with Gasteiger partial charge in [-0.1, -0.05) is 37.6 Å². The first-order chi connectivity index (χ1) is 11.5. The van der Waals surface area contributed by atoms with Crippen LogP contribution in [-0.2, 0) is 17.8 Å². The van der Waals surface area contributed by atoms with E-state index >= 15 is 0 Å². The maximum absolute atomic E-state index is 12.2. The van der Waals surface area contributed by atoms with Gasteiger partial charge in [0.15, 0.2) is 0 Å². The van der Waals surface area contributed by atoms with E-state index in [0.717, 1.165) is 35.3 Å². The summed E-state index contributed by atoms with van der Waals surface area (Å²) in [7, 11) is 1.65. The minimum absolute atomic E-state index is 0.270. The van der Waals surface area contributed by atoms with Crippen molar-refractivity contribution in [3.8, 4) is 11.5 Å². The molecule has 0 saturated heterocycles. The molecule has 1 aromatic carbocycles. The van der Waals surface area contributed by atoms with E-state index in [1.165, 1.54) is 5.57 Å². The molecule has 0 bridgehead atoms. The van der Waals surface area contributed by atoms with Gasteiger partial charge >= 0.3 is 5.97 Å². The Morgan fingerprint density at radius 3 is 2.75 bits per heavy atom. The zero-order chi connectivity index (χ0) is 17.7. The van der Waals surface area contributed by atoms with Gasteiger partial charge in [0, 0.05) is 11.1 Å². The molecule has 1 aliphatic rings. The van der Waals surface area contributed by atoms with Crippen LogP contribution >= 0.6 is 0 Å². The van der Waals surface area contributed by atoms with Gasteiger partial charge in [0.05, 0.1) is 7.11 Å². The van der Waals surface area contributed by atoms with Gasteiger partial charge in [0.25, 0.3) is 0 Å². The van der Waals surface area contributed by atoms with Crippen LogP contribution in [0, 0.1) is 6.92 Å². The standard InChI is InChI=1S/C20H26O4/c1-6-8-13(3)9-10-15-18(22-5)14(4)16-12-24-20(21)17(16)19(15)23-11-7-2/h7,9H,2,6,8,10-12H2,1,3-5H3/b13-9+. The predicted octanol–water partition coefficient (Wildman–Crippen LogP) is 4.53. The third-order valence-electron chi connectivity index (χ3n) is 4.27. The minimum atomic E-state index is -0.328. The number of benzene rings is 1. The lowest BCUT2D eigenvalue weighted by Crippen LogP contribution is -2.08. The second-order valence-corrected chi connectivity index (χ2v) is 6.00. The highest BCUT2D eigenvalue weighted by Crippen LogP contribution is 2.42. The molecule has 0 amide bonds. The first kappa shape index (κ1) is 18.1. The summed E-state index contributed by atoms with van der Waals surface area (Å²) in [4.78, 5) is 12.2. The van der Waals surface area contributed by atoms with Crippen molar-refractivity contribution in [2.75, 3.05) is 13.7 Å². The fourth-order valence-electron chi connectivity index (χ4n) is 3.08. The van der Waals surface area contributed by atoms with Crippen LogP contribution in [0.3, 0.4) is 0 Å².